The third-order valence-corrected chi connectivity index (χ3v) is 4.64. The zero-order chi connectivity index (χ0) is 11.7. The first-order valence-corrected chi connectivity index (χ1v) is 7.03. The minimum absolute atomic E-state index is 0.0961. The molecule has 0 aliphatic rings. The Kier molecular flexibility index (Phi) is 3.89. The molecule has 0 fully saturated rings. The molecule has 1 atom stereocenters. The van der Waals surface area contributed by atoms with Gasteiger partial charge in [-0.2, -0.15) is 0 Å². The van der Waals surface area contributed by atoms with Crippen molar-refractivity contribution in [1.29, 1.82) is 0 Å². The van der Waals surface area contributed by atoms with Crippen molar-refractivity contribution in [2.24, 2.45) is 5.84 Å². The number of thiophene rings is 2. The van der Waals surface area contributed by atoms with Crippen LogP contribution in [0.5, 0.6) is 0 Å². The monoisotopic (exact) mass is 292 g/mol. The Morgan fingerprint density at radius 1 is 1.38 bits per heavy atom. The first-order chi connectivity index (χ1) is 7.61. The van der Waals surface area contributed by atoms with Crippen molar-refractivity contribution in [2.75, 3.05) is 0 Å². The van der Waals surface area contributed by atoms with E-state index in [2.05, 4.69) is 23.8 Å². The average Bonchev–Trinajstić information content (AvgIpc) is 2.76. The summed E-state index contributed by atoms with van der Waals surface area (Å²) in [6, 6.07) is 3.85. The van der Waals surface area contributed by atoms with E-state index in [0.717, 1.165) is 11.1 Å². The summed E-state index contributed by atoms with van der Waals surface area (Å²) in [6.45, 7) is 2.06. The highest BCUT2D eigenvalue weighted by atomic mass is 35.5. The van der Waals surface area contributed by atoms with Crippen molar-refractivity contribution in [3.05, 3.63) is 42.2 Å². The largest absolute Gasteiger partial charge is 0.271 e. The van der Waals surface area contributed by atoms with E-state index in [1.54, 1.807) is 11.3 Å². The van der Waals surface area contributed by atoms with Crippen LogP contribution >= 0.6 is 45.9 Å². The number of nitrogens with one attached hydrogen (secondary N) is 1. The van der Waals surface area contributed by atoms with Gasteiger partial charge in [0.15, 0.2) is 0 Å². The number of aryl methyl sites for hydroxylation is 1. The van der Waals surface area contributed by atoms with Gasteiger partial charge in [-0.15, -0.1) is 22.7 Å². The van der Waals surface area contributed by atoms with Crippen molar-refractivity contribution in [3.63, 3.8) is 0 Å². The zero-order valence-electron chi connectivity index (χ0n) is 8.46. The highest BCUT2D eigenvalue weighted by molar-refractivity contribution is 7.20. The fourth-order valence-electron chi connectivity index (χ4n) is 1.53. The van der Waals surface area contributed by atoms with E-state index >= 15 is 0 Å². The summed E-state index contributed by atoms with van der Waals surface area (Å²) in [5.41, 5.74) is 4.81. The summed E-state index contributed by atoms with van der Waals surface area (Å²) in [6.07, 6.45) is 0. The highest BCUT2D eigenvalue weighted by Gasteiger charge is 2.19. The van der Waals surface area contributed by atoms with E-state index in [1.165, 1.54) is 16.2 Å². The molecule has 0 radical (unpaired) electrons. The molecule has 2 nitrogen and oxygen atoms in total. The standard InChI is InChI=1S/C10H10Cl2N2S2/c1-5-2-6(4-15-5)9(14-13)7-3-8(11)16-10(7)12/h2-4,9,14H,13H2,1H3. The van der Waals surface area contributed by atoms with E-state index in [9.17, 15) is 0 Å². The molecule has 0 amide bonds. The van der Waals surface area contributed by atoms with Gasteiger partial charge in [-0.25, -0.2) is 5.43 Å². The van der Waals surface area contributed by atoms with Crippen LogP contribution in [-0.2, 0) is 0 Å². The summed E-state index contributed by atoms with van der Waals surface area (Å²) in [5.74, 6) is 5.58. The second-order valence-electron chi connectivity index (χ2n) is 3.37. The molecular weight excluding hydrogens is 283 g/mol. The van der Waals surface area contributed by atoms with Crippen LogP contribution in [-0.4, -0.2) is 0 Å². The van der Waals surface area contributed by atoms with E-state index in [0.29, 0.717) is 8.67 Å². The zero-order valence-corrected chi connectivity index (χ0v) is 11.6. The lowest BCUT2D eigenvalue weighted by Gasteiger charge is -2.13. The predicted octanol–water partition coefficient (Wildman–Crippen LogP) is 3.98. The molecule has 0 saturated carbocycles. The molecule has 0 aromatic carbocycles. The molecule has 1 unspecified atom stereocenters. The molecule has 2 rings (SSSR count). The average molecular weight is 293 g/mol. The maximum Gasteiger partial charge on any atom is 0.0995 e. The Bertz CT molecular complexity index is 493. The van der Waals surface area contributed by atoms with Crippen molar-refractivity contribution < 1.29 is 0 Å². The highest BCUT2D eigenvalue weighted by Crippen LogP contribution is 2.37. The van der Waals surface area contributed by atoms with Gasteiger partial charge >= 0.3 is 0 Å². The third kappa shape index (κ3) is 2.42. The van der Waals surface area contributed by atoms with Crippen molar-refractivity contribution in [2.45, 2.75) is 13.0 Å². The van der Waals surface area contributed by atoms with Crippen LogP contribution in [0.25, 0.3) is 0 Å². The summed E-state index contributed by atoms with van der Waals surface area (Å²) in [7, 11) is 0. The van der Waals surface area contributed by atoms with Crippen molar-refractivity contribution in [1.82, 2.24) is 5.43 Å². The van der Waals surface area contributed by atoms with Gasteiger partial charge in [0.2, 0.25) is 0 Å². The maximum absolute atomic E-state index is 6.12. The van der Waals surface area contributed by atoms with Crippen LogP contribution in [0.15, 0.2) is 17.5 Å². The van der Waals surface area contributed by atoms with Crippen molar-refractivity contribution >= 4 is 45.9 Å². The Morgan fingerprint density at radius 3 is 2.56 bits per heavy atom. The number of rotatable bonds is 3. The Hall–Kier alpha value is -0.100. The number of hydrazine groups is 1. The lowest BCUT2D eigenvalue weighted by Crippen LogP contribution is -2.28. The third-order valence-electron chi connectivity index (χ3n) is 2.24. The molecule has 0 aliphatic carbocycles. The van der Waals surface area contributed by atoms with Gasteiger partial charge in [-0.05, 0) is 30.0 Å². The molecule has 3 N–H and O–H groups in total. The molecule has 86 valence electrons. The lowest BCUT2D eigenvalue weighted by molar-refractivity contribution is 0.640. The second kappa shape index (κ2) is 5.04. The molecule has 0 spiro atoms. The molecule has 16 heavy (non-hydrogen) atoms. The summed E-state index contributed by atoms with van der Waals surface area (Å²) >= 11 is 15.1. The minimum atomic E-state index is -0.0961. The predicted molar refractivity (Wildman–Crippen MR) is 72.6 cm³/mol. The summed E-state index contributed by atoms with van der Waals surface area (Å²) in [5, 5.41) is 2.07. The summed E-state index contributed by atoms with van der Waals surface area (Å²) < 4.78 is 1.35. The van der Waals surface area contributed by atoms with Crippen molar-refractivity contribution in [3.8, 4) is 0 Å². The maximum atomic E-state index is 6.12. The molecule has 0 saturated heterocycles. The minimum Gasteiger partial charge on any atom is -0.271 e. The topological polar surface area (TPSA) is 38.0 Å². The molecule has 0 aliphatic heterocycles. The molecular formula is C10H10Cl2N2S2. The molecule has 2 aromatic rings. The molecule has 0 bridgehead atoms. The van der Waals surface area contributed by atoms with Gasteiger partial charge in [0.25, 0.3) is 0 Å². The van der Waals surface area contributed by atoms with Crippen LogP contribution in [0.2, 0.25) is 8.67 Å². The van der Waals surface area contributed by atoms with E-state index in [4.69, 9.17) is 29.0 Å². The molecule has 6 heteroatoms. The Balaban J connectivity index is 2.40. The number of halogens is 2. The van der Waals surface area contributed by atoms with Gasteiger partial charge in [0, 0.05) is 10.4 Å². The Labute approximate surface area is 112 Å². The van der Waals surface area contributed by atoms with Crippen LogP contribution in [0.3, 0.4) is 0 Å². The van der Waals surface area contributed by atoms with Gasteiger partial charge in [0.1, 0.15) is 0 Å². The Morgan fingerprint density at radius 2 is 2.12 bits per heavy atom. The lowest BCUT2D eigenvalue weighted by atomic mass is 10.1. The first kappa shape index (κ1) is 12.4. The van der Waals surface area contributed by atoms with Gasteiger partial charge in [0.05, 0.1) is 14.7 Å². The fraction of sp³-hybridized carbons (Fsp3) is 0.200. The van der Waals surface area contributed by atoms with Crippen LogP contribution < -0.4 is 11.3 Å². The van der Waals surface area contributed by atoms with E-state index in [1.807, 2.05) is 6.07 Å². The summed E-state index contributed by atoms with van der Waals surface area (Å²) in [4.78, 5) is 1.24. The number of nitrogens with two attached hydrogens (primary N) is 1. The van der Waals surface area contributed by atoms with Crippen LogP contribution in [0.1, 0.15) is 22.0 Å². The first-order valence-electron chi connectivity index (χ1n) is 4.57. The number of hydrogen-bond donors (Lipinski definition) is 2. The second-order valence-corrected chi connectivity index (χ2v) is 6.77. The molecule has 2 aromatic heterocycles. The fourth-order valence-corrected chi connectivity index (χ4v) is 3.79. The van der Waals surface area contributed by atoms with E-state index < -0.39 is 0 Å². The van der Waals surface area contributed by atoms with Gasteiger partial charge in [-0.1, -0.05) is 23.2 Å². The number of hydrogen-bond acceptors (Lipinski definition) is 4. The quantitative estimate of drug-likeness (QED) is 0.663. The van der Waals surface area contributed by atoms with Gasteiger partial charge in [-0.3, -0.25) is 5.84 Å². The van der Waals surface area contributed by atoms with Crippen LogP contribution in [0, 0.1) is 6.92 Å². The van der Waals surface area contributed by atoms with Crippen LogP contribution in [0.4, 0.5) is 0 Å². The van der Waals surface area contributed by atoms with Gasteiger partial charge < -0.3 is 0 Å². The SMILES string of the molecule is Cc1cc(C(NN)c2cc(Cl)sc2Cl)cs1. The smallest absolute Gasteiger partial charge is 0.0995 e. The van der Waals surface area contributed by atoms with E-state index in [-0.39, 0.29) is 6.04 Å². The normalized spacial score (nSPS) is 13.0. The molecule has 2 heterocycles.